The zero-order valence-electron chi connectivity index (χ0n) is 15.6. The fraction of sp³-hybridized carbons (Fsp3) is 0.190. The van der Waals surface area contributed by atoms with Gasteiger partial charge >= 0.3 is 0 Å². The molecule has 0 aliphatic rings. The molecule has 0 aliphatic heterocycles. The van der Waals surface area contributed by atoms with E-state index < -0.39 is 16.8 Å². The van der Waals surface area contributed by atoms with Crippen LogP contribution < -0.4 is 26.8 Å². The zero-order valence-corrected chi connectivity index (χ0v) is 15.6. The number of amides is 1. The SMILES string of the molecule is CC[C@@H](Nc1c(Nc2cccc(C(=O)NC)c2O)c(=O)c1=O)c1ccccc1. The first-order chi connectivity index (χ1) is 13.5. The summed E-state index contributed by atoms with van der Waals surface area (Å²) in [6.45, 7) is 1.97. The zero-order chi connectivity index (χ0) is 20.3. The number of hydrogen-bond donors (Lipinski definition) is 4. The highest BCUT2D eigenvalue weighted by atomic mass is 16.3. The Bertz CT molecular complexity index is 1070. The van der Waals surface area contributed by atoms with Gasteiger partial charge in [-0.3, -0.25) is 14.4 Å². The van der Waals surface area contributed by atoms with Crippen molar-refractivity contribution in [1.29, 1.82) is 0 Å². The molecule has 3 rings (SSSR count). The fourth-order valence-electron chi connectivity index (χ4n) is 3.03. The second kappa shape index (κ2) is 7.96. The first-order valence-electron chi connectivity index (χ1n) is 8.93. The topological polar surface area (TPSA) is 108 Å². The number of benzene rings is 2. The van der Waals surface area contributed by atoms with Crippen LogP contribution in [-0.4, -0.2) is 18.1 Å². The van der Waals surface area contributed by atoms with E-state index in [2.05, 4.69) is 16.0 Å². The first-order valence-corrected chi connectivity index (χ1v) is 8.93. The maximum Gasteiger partial charge on any atom is 0.254 e. The number of phenolic OH excluding ortho intramolecular Hbond substituents is 1. The predicted octanol–water partition coefficient (Wildman–Crippen LogP) is 2.65. The van der Waals surface area contributed by atoms with Crippen molar-refractivity contribution in [1.82, 2.24) is 5.32 Å². The molecule has 1 amide bonds. The van der Waals surface area contributed by atoms with Gasteiger partial charge in [0.2, 0.25) is 0 Å². The number of para-hydroxylation sites is 1. The van der Waals surface area contributed by atoms with Gasteiger partial charge in [-0.15, -0.1) is 0 Å². The van der Waals surface area contributed by atoms with Crippen LogP contribution >= 0.6 is 0 Å². The van der Waals surface area contributed by atoms with Crippen LogP contribution in [-0.2, 0) is 0 Å². The van der Waals surface area contributed by atoms with Crippen molar-refractivity contribution in [2.24, 2.45) is 0 Å². The van der Waals surface area contributed by atoms with E-state index in [1.165, 1.54) is 19.2 Å². The predicted molar refractivity (Wildman–Crippen MR) is 109 cm³/mol. The Morgan fingerprint density at radius 3 is 2.32 bits per heavy atom. The van der Waals surface area contributed by atoms with Crippen molar-refractivity contribution in [3.8, 4) is 5.75 Å². The van der Waals surface area contributed by atoms with Gasteiger partial charge in [0.25, 0.3) is 16.8 Å². The Balaban J connectivity index is 1.90. The van der Waals surface area contributed by atoms with Crippen LogP contribution in [0.25, 0.3) is 0 Å². The van der Waals surface area contributed by atoms with Crippen molar-refractivity contribution in [3.05, 3.63) is 80.1 Å². The Morgan fingerprint density at radius 2 is 1.68 bits per heavy atom. The van der Waals surface area contributed by atoms with Gasteiger partial charge in [-0.1, -0.05) is 43.3 Å². The number of phenols is 1. The van der Waals surface area contributed by atoms with E-state index in [-0.39, 0.29) is 34.4 Å². The summed E-state index contributed by atoms with van der Waals surface area (Å²) >= 11 is 0. The van der Waals surface area contributed by atoms with Gasteiger partial charge in [0, 0.05) is 7.05 Å². The van der Waals surface area contributed by atoms with Crippen molar-refractivity contribution in [2.45, 2.75) is 19.4 Å². The summed E-state index contributed by atoms with van der Waals surface area (Å²) in [4.78, 5) is 36.0. The Morgan fingerprint density at radius 1 is 1.00 bits per heavy atom. The fourth-order valence-corrected chi connectivity index (χ4v) is 3.03. The number of carbonyl (C=O) groups is 1. The summed E-state index contributed by atoms with van der Waals surface area (Å²) in [5, 5.41) is 18.7. The van der Waals surface area contributed by atoms with Gasteiger partial charge in [-0.05, 0) is 24.1 Å². The monoisotopic (exact) mass is 379 g/mol. The van der Waals surface area contributed by atoms with Gasteiger partial charge < -0.3 is 21.1 Å². The van der Waals surface area contributed by atoms with E-state index >= 15 is 0 Å². The molecule has 7 heteroatoms. The summed E-state index contributed by atoms with van der Waals surface area (Å²) < 4.78 is 0. The molecule has 3 aromatic carbocycles. The quantitative estimate of drug-likeness (QED) is 0.371. The van der Waals surface area contributed by atoms with Gasteiger partial charge in [0.05, 0.1) is 17.3 Å². The minimum absolute atomic E-state index is 0.0661. The van der Waals surface area contributed by atoms with E-state index in [4.69, 9.17) is 0 Å². The summed E-state index contributed by atoms with van der Waals surface area (Å²) in [5.41, 5.74) is 0.192. The molecule has 144 valence electrons. The highest BCUT2D eigenvalue weighted by molar-refractivity contribution is 5.99. The van der Waals surface area contributed by atoms with E-state index in [1.807, 2.05) is 37.3 Å². The average molecular weight is 379 g/mol. The van der Waals surface area contributed by atoms with Gasteiger partial charge in [-0.2, -0.15) is 0 Å². The van der Waals surface area contributed by atoms with Crippen LogP contribution in [0.4, 0.5) is 17.1 Å². The van der Waals surface area contributed by atoms with Crippen LogP contribution in [0.5, 0.6) is 5.75 Å². The number of aromatic hydroxyl groups is 1. The molecular formula is C21H21N3O4. The molecule has 3 aromatic rings. The molecule has 0 heterocycles. The lowest BCUT2D eigenvalue weighted by Gasteiger charge is -2.22. The lowest BCUT2D eigenvalue weighted by Crippen LogP contribution is -2.37. The van der Waals surface area contributed by atoms with Crippen LogP contribution in [0.15, 0.2) is 58.1 Å². The molecule has 0 unspecified atom stereocenters. The lowest BCUT2D eigenvalue weighted by atomic mass is 10.0. The molecule has 0 bridgehead atoms. The molecule has 0 aliphatic carbocycles. The molecule has 0 fully saturated rings. The number of anilines is 3. The van der Waals surface area contributed by atoms with Gasteiger partial charge in [0.15, 0.2) is 5.75 Å². The molecular weight excluding hydrogens is 358 g/mol. The van der Waals surface area contributed by atoms with Crippen molar-refractivity contribution in [2.75, 3.05) is 17.7 Å². The molecule has 1 atom stereocenters. The second-order valence-corrected chi connectivity index (χ2v) is 6.33. The molecule has 0 saturated heterocycles. The molecule has 0 radical (unpaired) electrons. The highest BCUT2D eigenvalue weighted by Crippen LogP contribution is 2.32. The van der Waals surface area contributed by atoms with Crippen LogP contribution in [0.3, 0.4) is 0 Å². The maximum absolute atomic E-state index is 12.1. The summed E-state index contributed by atoms with van der Waals surface area (Å²) in [6, 6.07) is 14.0. The Hall–Kier alpha value is -3.61. The van der Waals surface area contributed by atoms with Crippen molar-refractivity contribution < 1.29 is 9.90 Å². The summed E-state index contributed by atoms with van der Waals surface area (Å²) in [7, 11) is 1.45. The molecule has 0 aromatic heterocycles. The minimum atomic E-state index is -0.671. The van der Waals surface area contributed by atoms with E-state index in [0.29, 0.717) is 6.42 Å². The second-order valence-electron chi connectivity index (χ2n) is 6.33. The summed E-state index contributed by atoms with van der Waals surface area (Å²) in [6.07, 6.45) is 0.708. The smallest absolute Gasteiger partial charge is 0.254 e. The molecule has 4 N–H and O–H groups in total. The molecule has 7 nitrogen and oxygen atoms in total. The lowest BCUT2D eigenvalue weighted by molar-refractivity contribution is 0.0960. The molecule has 28 heavy (non-hydrogen) atoms. The third-order valence-electron chi connectivity index (χ3n) is 4.61. The maximum atomic E-state index is 12.1. The highest BCUT2D eigenvalue weighted by Gasteiger charge is 2.25. The Kier molecular flexibility index (Phi) is 5.44. The minimum Gasteiger partial charge on any atom is -0.505 e. The van der Waals surface area contributed by atoms with E-state index in [9.17, 15) is 19.5 Å². The molecule has 0 saturated carbocycles. The van der Waals surface area contributed by atoms with Crippen molar-refractivity contribution in [3.63, 3.8) is 0 Å². The number of carbonyl (C=O) groups excluding carboxylic acids is 1. The number of hydrogen-bond acceptors (Lipinski definition) is 6. The Labute approximate surface area is 161 Å². The normalized spacial score (nSPS) is 11.8. The van der Waals surface area contributed by atoms with Crippen LogP contribution in [0, 0.1) is 0 Å². The van der Waals surface area contributed by atoms with Gasteiger partial charge in [-0.25, -0.2) is 0 Å². The third-order valence-corrected chi connectivity index (χ3v) is 4.61. The van der Waals surface area contributed by atoms with E-state index in [1.54, 1.807) is 6.07 Å². The first kappa shape index (κ1) is 19.2. The third kappa shape index (κ3) is 3.46. The average Bonchev–Trinajstić information content (AvgIpc) is 2.74. The van der Waals surface area contributed by atoms with E-state index in [0.717, 1.165) is 5.56 Å². The number of rotatable bonds is 7. The largest absolute Gasteiger partial charge is 0.505 e. The van der Waals surface area contributed by atoms with Crippen molar-refractivity contribution >= 4 is 23.0 Å². The standard InChI is InChI=1S/C21H21N3O4/c1-3-14(12-8-5-4-6-9-12)23-16-17(20(27)19(16)26)24-15-11-7-10-13(18(15)25)21(28)22-2/h4-11,14,23-25H,3H2,1-2H3,(H,22,28)/t14-/m1/s1. The van der Waals surface area contributed by atoms with Crippen LogP contribution in [0.2, 0.25) is 0 Å². The summed E-state index contributed by atoms with van der Waals surface area (Å²) in [5.74, 6) is -0.754. The van der Waals surface area contributed by atoms with Gasteiger partial charge in [0.1, 0.15) is 11.4 Å². The number of nitrogens with one attached hydrogen (secondary N) is 3. The van der Waals surface area contributed by atoms with Crippen LogP contribution in [0.1, 0.15) is 35.3 Å². The molecule has 0 spiro atoms.